The van der Waals surface area contributed by atoms with Gasteiger partial charge < -0.3 is 9.25 Å². The molecule has 0 aliphatic carbocycles. The summed E-state index contributed by atoms with van der Waals surface area (Å²) in [5.74, 6) is 0.258. The lowest BCUT2D eigenvalue weighted by atomic mass is 10.1. The van der Waals surface area contributed by atoms with Crippen LogP contribution in [-0.2, 0) is 4.84 Å². The highest BCUT2D eigenvalue weighted by Gasteiger charge is 2.29. The molecule has 1 aromatic heterocycles. The predicted octanol–water partition coefficient (Wildman–Crippen LogP) is 2.01. The quantitative estimate of drug-likeness (QED) is 0.551. The second kappa shape index (κ2) is 3.39. The topological polar surface area (TPSA) is 68.8 Å². The predicted molar refractivity (Wildman–Crippen MR) is 50.7 cm³/mol. The smallest absolute Gasteiger partial charge is 0.413 e. The van der Waals surface area contributed by atoms with Gasteiger partial charge in [-0.05, 0) is 18.6 Å². The lowest BCUT2D eigenvalue weighted by Gasteiger charge is -2.16. The molecule has 1 atom stereocenters. The number of hydrogen-bond acceptors (Lipinski definition) is 5. The first-order chi connectivity index (χ1) is 7.09. The van der Waals surface area contributed by atoms with Crippen molar-refractivity contribution in [1.82, 2.24) is 5.06 Å². The van der Waals surface area contributed by atoms with Crippen molar-refractivity contribution < 1.29 is 14.2 Å². The van der Waals surface area contributed by atoms with E-state index in [0.29, 0.717) is 5.76 Å². The molecule has 0 N–H and O–H groups in total. The Hall–Kier alpha value is -1.82. The van der Waals surface area contributed by atoms with Gasteiger partial charge in [-0.1, -0.05) is 0 Å². The molecule has 0 amide bonds. The summed E-state index contributed by atoms with van der Waals surface area (Å²) in [6.45, 7) is 1.88. The van der Waals surface area contributed by atoms with Crippen molar-refractivity contribution in [2.45, 2.75) is 13.0 Å². The number of nitrogens with zero attached hydrogens (tertiary/aromatic N) is 2. The minimum Gasteiger partial charge on any atom is -0.413 e. The number of hydrogen-bond donors (Lipinski definition) is 0. The zero-order valence-corrected chi connectivity index (χ0v) is 8.34. The molecular formula is C9H10N2O4. The van der Waals surface area contributed by atoms with Crippen LogP contribution in [0.25, 0.3) is 0 Å². The van der Waals surface area contributed by atoms with Crippen LogP contribution in [0.1, 0.15) is 18.7 Å². The maximum atomic E-state index is 10.4. The van der Waals surface area contributed by atoms with Crippen LogP contribution in [0, 0.1) is 10.1 Å². The first-order valence-corrected chi connectivity index (χ1v) is 4.40. The average Bonchev–Trinajstić information content (AvgIpc) is 2.73. The van der Waals surface area contributed by atoms with Gasteiger partial charge in [-0.2, -0.15) is 0 Å². The van der Waals surface area contributed by atoms with Crippen LogP contribution in [-0.4, -0.2) is 17.0 Å². The van der Waals surface area contributed by atoms with Gasteiger partial charge in [0.15, 0.2) is 0 Å². The molecule has 0 saturated carbocycles. The van der Waals surface area contributed by atoms with Gasteiger partial charge in [-0.15, -0.1) is 5.06 Å². The van der Waals surface area contributed by atoms with E-state index in [4.69, 9.17) is 9.25 Å². The van der Waals surface area contributed by atoms with E-state index in [9.17, 15) is 10.1 Å². The third kappa shape index (κ3) is 1.59. The Morgan fingerprint density at radius 1 is 1.53 bits per heavy atom. The molecule has 1 unspecified atom stereocenters. The summed E-state index contributed by atoms with van der Waals surface area (Å²) in [6.07, 6.45) is 1.60. The van der Waals surface area contributed by atoms with Gasteiger partial charge in [0.2, 0.25) is 0 Å². The lowest BCUT2D eigenvalue weighted by Crippen LogP contribution is -2.17. The van der Waals surface area contributed by atoms with Crippen LogP contribution in [0.3, 0.4) is 0 Å². The van der Waals surface area contributed by atoms with Crippen molar-refractivity contribution in [3.05, 3.63) is 39.8 Å². The second-order valence-corrected chi connectivity index (χ2v) is 3.35. The largest absolute Gasteiger partial charge is 0.433 e. The van der Waals surface area contributed by atoms with E-state index in [1.54, 1.807) is 24.4 Å². The maximum absolute atomic E-state index is 10.4. The second-order valence-electron chi connectivity index (χ2n) is 3.35. The Balaban J connectivity index is 2.29. The van der Waals surface area contributed by atoms with E-state index >= 15 is 0 Å². The molecule has 1 aliphatic heterocycles. The summed E-state index contributed by atoms with van der Waals surface area (Å²) in [5, 5.41) is 12.0. The number of likely N-dealkylation sites (N-methyl/N-ethyl adjacent to an activating group) is 1. The van der Waals surface area contributed by atoms with Gasteiger partial charge in [-0.25, -0.2) is 0 Å². The van der Waals surface area contributed by atoms with E-state index in [1.807, 2.05) is 6.92 Å². The van der Waals surface area contributed by atoms with Gasteiger partial charge in [0.1, 0.15) is 23.0 Å². The number of nitro groups is 1. The standard InChI is InChI=1S/C9H10N2O4/c1-6-5-14-10(2)9(6)7-3-4-8(15-7)11(12)13/h3-5,9H,1-2H3. The molecule has 0 aromatic carbocycles. The number of furan rings is 1. The fourth-order valence-electron chi connectivity index (χ4n) is 1.57. The molecule has 0 fully saturated rings. The summed E-state index contributed by atoms with van der Waals surface area (Å²) in [7, 11) is 1.74. The Morgan fingerprint density at radius 2 is 2.27 bits per heavy atom. The summed E-state index contributed by atoms with van der Waals surface area (Å²) in [5.41, 5.74) is 0.946. The lowest BCUT2D eigenvalue weighted by molar-refractivity contribution is -0.402. The van der Waals surface area contributed by atoms with Gasteiger partial charge in [-0.3, -0.25) is 10.1 Å². The first-order valence-electron chi connectivity index (χ1n) is 4.40. The number of hydroxylamine groups is 2. The summed E-state index contributed by atoms with van der Waals surface area (Å²) in [6, 6.07) is 2.75. The summed E-state index contributed by atoms with van der Waals surface area (Å²) < 4.78 is 5.11. The minimum atomic E-state index is -0.557. The van der Waals surface area contributed by atoms with Crippen LogP contribution in [0.4, 0.5) is 5.88 Å². The molecule has 1 aromatic rings. The van der Waals surface area contributed by atoms with Gasteiger partial charge in [0.25, 0.3) is 0 Å². The molecule has 2 rings (SSSR count). The molecule has 15 heavy (non-hydrogen) atoms. The molecule has 0 spiro atoms. The Bertz CT molecular complexity index is 424. The maximum Gasteiger partial charge on any atom is 0.433 e. The van der Waals surface area contributed by atoms with Gasteiger partial charge in [0.05, 0.1) is 6.07 Å². The van der Waals surface area contributed by atoms with E-state index in [-0.39, 0.29) is 11.9 Å². The zero-order chi connectivity index (χ0) is 11.0. The van der Waals surface area contributed by atoms with E-state index in [0.717, 1.165) is 5.57 Å². The van der Waals surface area contributed by atoms with Crippen LogP contribution >= 0.6 is 0 Å². The number of rotatable bonds is 2. The summed E-state index contributed by atoms with van der Waals surface area (Å²) >= 11 is 0. The van der Waals surface area contributed by atoms with Crippen molar-refractivity contribution >= 4 is 5.88 Å². The molecule has 0 saturated heterocycles. The third-order valence-electron chi connectivity index (χ3n) is 2.26. The molecule has 0 bridgehead atoms. The van der Waals surface area contributed by atoms with Crippen LogP contribution < -0.4 is 0 Å². The highest BCUT2D eigenvalue weighted by Crippen LogP contribution is 2.34. The van der Waals surface area contributed by atoms with Crippen LogP contribution in [0.5, 0.6) is 0 Å². The normalized spacial score (nSPS) is 21.2. The highest BCUT2D eigenvalue weighted by atomic mass is 16.7. The molecule has 6 nitrogen and oxygen atoms in total. The van der Waals surface area contributed by atoms with Crippen molar-refractivity contribution in [2.24, 2.45) is 0 Å². The first kappa shape index (κ1) is 9.72. The van der Waals surface area contributed by atoms with Gasteiger partial charge >= 0.3 is 5.88 Å². The van der Waals surface area contributed by atoms with Crippen LogP contribution in [0.2, 0.25) is 0 Å². The van der Waals surface area contributed by atoms with Crippen molar-refractivity contribution in [3.63, 3.8) is 0 Å². The Morgan fingerprint density at radius 3 is 2.73 bits per heavy atom. The van der Waals surface area contributed by atoms with Crippen LogP contribution in [0.15, 0.2) is 28.4 Å². The fraction of sp³-hybridized carbons (Fsp3) is 0.333. The summed E-state index contributed by atoms with van der Waals surface area (Å²) in [4.78, 5) is 15.0. The third-order valence-corrected chi connectivity index (χ3v) is 2.26. The van der Waals surface area contributed by atoms with E-state index in [1.165, 1.54) is 6.07 Å². The van der Waals surface area contributed by atoms with Crippen molar-refractivity contribution in [1.29, 1.82) is 0 Å². The highest BCUT2D eigenvalue weighted by molar-refractivity contribution is 5.25. The van der Waals surface area contributed by atoms with E-state index < -0.39 is 4.92 Å². The van der Waals surface area contributed by atoms with Crippen molar-refractivity contribution in [3.8, 4) is 0 Å². The monoisotopic (exact) mass is 210 g/mol. The van der Waals surface area contributed by atoms with Crippen molar-refractivity contribution in [2.75, 3.05) is 7.05 Å². The van der Waals surface area contributed by atoms with Gasteiger partial charge in [0, 0.05) is 7.05 Å². The SMILES string of the molecule is CC1=CON(C)C1c1ccc([N+](=O)[O-])o1. The molecule has 1 aliphatic rings. The molecular weight excluding hydrogens is 200 g/mol. The molecule has 80 valence electrons. The molecule has 0 radical (unpaired) electrons. The molecule has 2 heterocycles. The minimum absolute atomic E-state index is 0.182. The Labute approximate surface area is 85.8 Å². The average molecular weight is 210 g/mol. The Kier molecular flexibility index (Phi) is 2.20. The molecule has 6 heteroatoms. The zero-order valence-electron chi connectivity index (χ0n) is 8.34. The van der Waals surface area contributed by atoms with E-state index in [2.05, 4.69) is 0 Å². The fourth-order valence-corrected chi connectivity index (χ4v) is 1.57.